The minimum Gasteiger partial charge on any atom is -0.324 e. The van der Waals surface area contributed by atoms with E-state index in [1.54, 1.807) is 20.9 Å². The number of halogens is 1. The molecule has 1 aliphatic rings. The van der Waals surface area contributed by atoms with Crippen LogP contribution < -0.4 is 5.32 Å². The third kappa shape index (κ3) is 4.40. The number of hydrogen-bond donors (Lipinski definition) is 1. The Balaban J connectivity index is 2.04. The summed E-state index contributed by atoms with van der Waals surface area (Å²) in [5.74, 6) is -1.46. The van der Waals surface area contributed by atoms with Gasteiger partial charge in [0.15, 0.2) is 6.10 Å². The third-order valence-electron chi connectivity index (χ3n) is 3.53. The number of benzene rings is 1. The maximum Gasteiger partial charge on any atom is 0.350 e. The van der Waals surface area contributed by atoms with Crippen LogP contribution in [0.25, 0.3) is 0 Å². The van der Waals surface area contributed by atoms with Gasteiger partial charge in [0.25, 0.3) is 5.91 Å². The smallest absolute Gasteiger partial charge is 0.324 e. The van der Waals surface area contributed by atoms with Gasteiger partial charge in [0.05, 0.1) is 13.2 Å². The van der Waals surface area contributed by atoms with Gasteiger partial charge in [-0.3, -0.25) is 14.2 Å². The number of hydroxylamine groups is 2. The lowest BCUT2D eigenvalue weighted by Crippen LogP contribution is -2.28. The van der Waals surface area contributed by atoms with E-state index in [2.05, 4.69) is 5.32 Å². The first-order valence-corrected chi connectivity index (χ1v) is 9.35. The fourth-order valence-electron chi connectivity index (χ4n) is 2.46. The number of amides is 1. The highest BCUT2D eigenvalue weighted by Crippen LogP contribution is 2.57. The van der Waals surface area contributed by atoms with Gasteiger partial charge in [-0.2, -0.15) is 5.06 Å². The topological polar surface area (TPSA) is 77.1 Å². The number of carbonyl (C=O) groups excluding carboxylic acids is 1. The molecule has 24 heavy (non-hydrogen) atoms. The molecule has 1 saturated heterocycles. The molecule has 2 atom stereocenters. The van der Waals surface area contributed by atoms with Crippen molar-refractivity contribution in [3.63, 3.8) is 0 Å². The number of nitrogens with one attached hydrogen (secondary N) is 1. The van der Waals surface area contributed by atoms with Crippen LogP contribution in [0.3, 0.4) is 0 Å². The van der Waals surface area contributed by atoms with Gasteiger partial charge < -0.3 is 14.4 Å². The Morgan fingerprint density at radius 3 is 2.46 bits per heavy atom. The molecule has 0 spiro atoms. The summed E-state index contributed by atoms with van der Waals surface area (Å²) < 4.78 is 36.4. The fourth-order valence-corrected chi connectivity index (χ4v) is 4.50. The SMILES string of the molecule is CCOP(=O)(OCC)[C@@H]1C[C@@H](C(=O)Nc2ccc(F)cc2)ON1C. The summed E-state index contributed by atoms with van der Waals surface area (Å²) in [6.45, 7) is 3.91. The van der Waals surface area contributed by atoms with E-state index in [4.69, 9.17) is 13.9 Å². The Morgan fingerprint density at radius 1 is 1.33 bits per heavy atom. The predicted octanol–water partition coefficient (Wildman–Crippen LogP) is 2.99. The molecule has 2 rings (SSSR count). The van der Waals surface area contributed by atoms with E-state index in [1.165, 1.54) is 29.3 Å². The second-order valence-electron chi connectivity index (χ2n) is 5.23. The number of hydrogen-bond acceptors (Lipinski definition) is 6. The largest absolute Gasteiger partial charge is 0.350 e. The maximum atomic E-state index is 12.9. The summed E-state index contributed by atoms with van der Waals surface area (Å²) in [4.78, 5) is 17.8. The van der Waals surface area contributed by atoms with Gasteiger partial charge in [-0.05, 0) is 38.1 Å². The van der Waals surface area contributed by atoms with Gasteiger partial charge in [0.1, 0.15) is 11.6 Å². The minimum atomic E-state index is -3.42. The lowest BCUT2D eigenvalue weighted by Gasteiger charge is -2.25. The molecule has 134 valence electrons. The molecule has 0 aliphatic carbocycles. The highest BCUT2D eigenvalue weighted by Gasteiger charge is 2.48. The van der Waals surface area contributed by atoms with Gasteiger partial charge in [0.2, 0.25) is 0 Å². The molecular formula is C15H22FN2O5P. The van der Waals surface area contributed by atoms with E-state index < -0.39 is 25.4 Å². The van der Waals surface area contributed by atoms with E-state index in [1.807, 2.05) is 0 Å². The number of rotatable bonds is 7. The van der Waals surface area contributed by atoms with E-state index in [-0.39, 0.29) is 25.5 Å². The summed E-state index contributed by atoms with van der Waals surface area (Å²) in [7, 11) is -1.83. The molecule has 0 saturated carbocycles. The van der Waals surface area contributed by atoms with Crippen LogP contribution in [0.4, 0.5) is 10.1 Å². The molecule has 1 aromatic carbocycles. The summed E-state index contributed by atoms with van der Waals surface area (Å²) >= 11 is 0. The Morgan fingerprint density at radius 2 is 1.92 bits per heavy atom. The van der Waals surface area contributed by atoms with Gasteiger partial charge in [-0.15, -0.1) is 0 Å². The highest BCUT2D eigenvalue weighted by atomic mass is 31.2. The van der Waals surface area contributed by atoms with Crippen molar-refractivity contribution >= 4 is 19.2 Å². The molecular weight excluding hydrogens is 338 g/mol. The summed E-state index contributed by atoms with van der Waals surface area (Å²) in [6, 6.07) is 5.40. The number of anilines is 1. The van der Waals surface area contributed by atoms with Crippen LogP contribution >= 0.6 is 7.60 Å². The standard InChI is InChI=1S/C15H22FN2O5P/c1-4-21-24(20,22-5-2)14-10-13(23-18(14)3)15(19)17-12-8-6-11(16)7-9-12/h6-9,13-14H,4-5,10H2,1-3H3,(H,17,19)/t13-,14+/m0/s1. The molecule has 1 N–H and O–H groups in total. The van der Waals surface area contributed by atoms with Crippen molar-refractivity contribution in [3.8, 4) is 0 Å². The average molecular weight is 360 g/mol. The second kappa shape index (κ2) is 8.18. The molecule has 1 fully saturated rings. The molecule has 1 aromatic rings. The van der Waals surface area contributed by atoms with E-state index in [0.29, 0.717) is 5.69 Å². The average Bonchev–Trinajstić information content (AvgIpc) is 2.93. The van der Waals surface area contributed by atoms with Crippen LogP contribution in [0.15, 0.2) is 24.3 Å². The van der Waals surface area contributed by atoms with Crippen molar-refractivity contribution < 1.29 is 27.6 Å². The minimum absolute atomic E-state index is 0.167. The maximum absolute atomic E-state index is 12.9. The second-order valence-corrected chi connectivity index (χ2v) is 7.42. The monoisotopic (exact) mass is 360 g/mol. The number of nitrogens with zero attached hydrogens (tertiary/aromatic N) is 1. The van der Waals surface area contributed by atoms with Gasteiger partial charge >= 0.3 is 7.60 Å². The predicted molar refractivity (Wildman–Crippen MR) is 86.9 cm³/mol. The van der Waals surface area contributed by atoms with Crippen molar-refractivity contribution in [3.05, 3.63) is 30.1 Å². The lowest BCUT2D eigenvalue weighted by atomic mass is 10.2. The molecule has 0 unspecified atom stereocenters. The summed E-state index contributed by atoms with van der Waals surface area (Å²) in [5.41, 5.74) is 0.453. The first kappa shape index (κ1) is 19.0. The van der Waals surface area contributed by atoms with Crippen molar-refractivity contribution in [2.75, 3.05) is 25.6 Å². The Labute approximate surface area is 140 Å². The van der Waals surface area contributed by atoms with Crippen molar-refractivity contribution in [1.82, 2.24) is 5.06 Å². The Hall–Kier alpha value is -1.31. The number of carbonyl (C=O) groups is 1. The zero-order valence-electron chi connectivity index (χ0n) is 13.9. The molecule has 9 heteroatoms. The van der Waals surface area contributed by atoms with Crippen molar-refractivity contribution in [2.45, 2.75) is 32.2 Å². The van der Waals surface area contributed by atoms with Gasteiger partial charge in [0, 0.05) is 19.2 Å². The molecule has 7 nitrogen and oxygen atoms in total. The van der Waals surface area contributed by atoms with Crippen LogP contribution in [0.5, 0.6) is 0 Å². The van der Waals surface area contributed by atoms with Crippen LogP contribution in [0.1, 0.15) is 20.3 Å². The van der Waals surface area contributed by atoms with E-state index in [0.717, 1.165) is 0 Å². The Bertz CT molecular complexity index is 602. The first-order chi connectivity index (χ1) is 11.4. The molecule has 1 amide bonds. The molecule has 0 bridgehead atoms. The molecule has 1 heterocycles. The van der Waals surface area contributed by atoms with Crippen LogP contribution in [0, 0.1) is 5.82 Å². The van der Waals surface area contributed by atoms with Crippen LogP contribution in [-0.2, 0) is 23.2 Å². The van der Waals surface area contributed by atoms with Crippen LogP contribution in [-0.4, -0.2) is 43.1 Å². The lowest BCUT2D eigenvalue weighted by molar-refractivity contribution is -0.155. The summed E-state index contributed by atoms with van der Waals surface area (Å²) in [6.07, 6.45) is -0.667. The Kier molecular flexibility index (Phi) is 6.48. The van der Waals surface area contributed by atoms with Gasteiger partial charge in [-0.1, -0.05) is 0 Å². The van der Waals surface area contributed by atoms with Crippen molar-refractivity contribution in [2.24, 2.45) is 0 Å². The van der Waals surface area contributed by atoms with E-state index in [9.17, 15) is 13.8 Å². The van der Waals surface area contributed by atoms with Crippen LogP contribution in [0.2, 0.25) is 0 Å². The quantitative estimate of drug-likeness (QED) is 0.754. The zero-order chi connectivity index (χ0) is 17.7. The fraction of sp³-hybridized carbons (Fsp3) is 0.533. The third-order valence-corrected chi connectivity index (χ3v) is 6.03. The molecule has 0 radical (unpaired) electrons. The first-order valence-electron chi connectivity index (χ1n) is 7.74. The summed E-state index contributed by atoms with van der Waals surface area (Å²) in [5, 5.41) is 3.99. The molecule has 1 aliphatic heterocycles. The van der Waals surface area contributed by atoms with Crippen molar-refractivity contribution in [1.29, 1.82) is 0 Å². The zero-order valence-corrected chi connectivity index (χ0v) is 14.8. The van der Waals surface area contributed by atoms with E-state index >= 15 is 0 Å². The normalized spacial score (nSPS) is 21.8. The highest BCUT2D eigenvalue weighted by molar-refractivity contribution is 7.54. The molecule has 0 aromatic heterocycles. The van der Waals surface area contributed by atoms with Gasteiger partial charge in [-0.25, -0.2) is 4.39 Å².